The molecule has 3 nitrogen and oxygen atoms in total. The van der Waals surface area contributed by atoms with E-state index in [1.807, 2.05) is 30.3 Å². The lowest BCUT2D eigenvalue weighted by Gasteiger charge is -2.02. The molecule has 0 amide bonds. The molecule has 0 radical (unpaired) electrons. The van der Waals surface area contributed by atoms with Crippen LogP contribution in [-0.2, 0) is 11.3 Å². The summed E-state index contributed by atoms with van der Waals surface area (Å²) in [6, 6.07) is 17.0. The lowest BCUT2D eigenvalue weighted by atomic mass is 10.1. The van der Waals surface area contributed by atoms with Gasteiger partial charge in [0.15, 0.2) is 5.78 Å². The number of ketones is 1. The molecule has 0 saturated carbocycles. The average molecular weight is 282 g/mol. The molecule has 0 aliphatic heterocycles. The van der Waals surface area contributed by atoms with Gasteiger partial charge in [0.05, 0.1) is 13.4 Å². The van der Waals surface area contributed by atoms with Gasteiger partial charge in [0.2, 0.25) is 0 Å². The molecule has 0 spiro atoms. The van der Waals surface area contributed by atoms with Crippen LogP contribution in [0, 0.1) is 0 Å². The molecule has 2 aromatic carbocycles. The number of Topliss-reactive ketones (excluding diaryl/α,β-unsaturated/α-hetero) is 1. The fraction of sp³-hybridized carbons (Fsp3) is 0.167. The summed E-state index contributed by atoms with van der Waals surface area (Å²) in [5, 5.41) is 0. The monoisotopic (exact) mass is 282 g/mol. The number of carbonyl (C=O) groups is 1. The summed E-state index contributed by atoms with van der Waals surface area (Å²) in [6.45, 7) is 0.508. The number of carbonyl (C=O) groups excluding carboxylic acids is 1. The van der Waals surface area contributed by atoms with E-state index in [0.29, 0.717) is 18.6 Å². The van der Waals surface area contributed by atoms with Crippen molar-refractivity contribution in [3.05, 3.63) is 78.1 Å². The van der Waals surface area contributed by atoms with Gasteiger partial charge in [-0.2, -0.15) is 0 Å². The first-order chi connectivity index (χ1) is 10.3. The van der Waals surface area contributed by atoms with Gasteiger partial charge in [-0.3, -0.25) is 4.79 Å². The van der Waals surface area contributed by atoms with Gasteiger partial charge in [-0.25, -0.2) is 0 Å². The molecule has 2 aromatic rings. The Kier molecular flexibility index (Phi) is 5.59. The first kappa shape index (κ1) is 14.9. The number of rotatable bonds is 7. The quantitative estimate of drug-likeness (QED) is 0.569. The summed E-state index contributed by atoms with van der Waals surface area (Å²) in [5.74, 6) is 0.797. The van der Waals surface area contributed by atoms with Gasteiger partial charge in [-0.15, -0.1) is 0 Å². The van der Waals surface area contributed by atoms with Crippen molar-refractivity contribution in [3.63, 3.8) is 0 Å². The van der Waals surface area contributed by atoms with E-state index in [9.17, 15) is 4.79 Å². The van der Waals surface area contributed by atoms with E-state index >= 15 is 0 Å². The average Bonchev–Trinajstić information content (AvgIpc) is 2.55. The Bertz CT molecular complexity index is 586. The van der Waals surface area contributed by atoms with Crippen LogP contribution in [0.25, 0.3) is 0 Å². The molecule has 0 bridgehead atoms. The molecule has 0 atom stereocenters. The SMILES string of the molecule is COc1ccc(C(=O)C/C=C\OCc2ccccc2)cc1. The third-order valence-corrected chi connectivity index (χ3v) is 3.00. The fourth-order valence-electron chi connectivity index (χ4n) is 1.84. The molecule has 21 heavy (non-hydrogen) atoms. The summed E-state index contributed by atoms with van der Waals surface area (Å²) >= 11 is 0. The molecular formula is C18H18O3. The predicted octanol–water partition coefficient (Wildman–Crippen LogP) is 4.00. The largest absolute Gasteiger partial charge is 0.497 e. The van der Waals surface area contributed by atoms with Gasteiger partial charge in [-0.1, -0.05) is 30.3 Å². The van der Waals surface area contributed by atoms with Crippen LogP contribution in [-0.4, -0.2) is 12.9 Å². The Morgan fingerprint density at radius 3 is 2.43 bits per heavy atom. The summed E-state index contributed by atoms with van der Waals surface area (Å²) < 4.78 is 10.4. The summed E-state index contributed by atoms with van der Waals surface area (Å²) in [4.78, 5) is 11.9. The third-order valence-electron chi connectivity index (χ3n) is 3.00. The van der Waals surface area contributed by atoms with E-state index in [1.165, 1.54) is 0 Å². The minimum absolute atomic E-state index is 0.0530. The Morgan fingerprint density at radius 2 is 1.76 bits per heavy atom. The highest BCUT2D eigenvalue weighted by Gasteiger charge is 2.03. The van der Waals surface area contributed by atoms with Crippen LogP contribution >= 0.6 is 0 Å². The van der Waals surface area contributed by atoms with Crippen LogP contribution in [0.15, 0.2) is 66.9 Å². The number of methoxy groups -OCH3 is 1. The van der Waals surface area contributed by atoms with Gasteiger partial charge in [0.1, 0.15) is 12.4 Å². The molecule has 0 aliphatic carbocycles. The molecule has 2 rings (SSSR count). The second-order valence-corrected chi connectivity index (χ2v) is 4.52. The van der Waals surface area contributed by atoms with Gasteiger partial charge < -0.3 is 9.47 Å². The van der Waals surface area contributed by atoms with E-state index in [-0.39, 0.29) is 5.78 Å². The number of hydrogen-bond acceptors (Lipinski definition) is 3. The second kappa shape index (κ2) is 7.90. The lowest BCUT2D eigenvalue weighted by molar-refractivity contribution is 0.0994. The third kappa shape index (κ3) is 4.80. The van der Waals surface area contributed by atoms with Crippen molar-refractivity contribution in [3.8, 4) is 5.75 Å². The lowest BCUT2D eigenvalue weighted by Crippen LogP contribution is -1.97. The maximum atomic E-state index is 11.9. The van der Waals surface area contributed by atoms with Gasteiger partial charge in [0.25, 0.3) is 0 Å². The number of allylic oxidation sites excluding steroid dienone is 1. The molecule has 0 unspecified atom stereocenters. The second-order valence-electron chi connectivity index (χ2n) is 4.52. The van der Waals surface area contributed by atoms with E-state index in [1.54, 1.807) is 43.7 Å². The molecule has 3 heteroatoms. The normalized spacial score (nSPS) is 10.5. The summed E-state index contributed by atoms with van der Waals surface area (Å²) in [6.07, 6.45) is 3.63. The summed E-state index contributed by atoms with van der Waals surface area (Å²) in [5.41, 5.74) is 1.77. The zero-order valence-electron chi connectivity index (χ0n) is 12.0. The van der Waals surface area contributed by atoms with Gasteiger partial charge in [-0.05, 0) is 35.9 Å². The molecule has 108 valence electrons. The van der Waals surface area contributed by atoms with E-state index in [0.717, 1.165) is 11.3 Å². The fourth-order valence-corrected chi connectivity index (χ4v) is 1.84. The van der Waals surface area contributed by atoms with E-state index in [4.69, 9.17) is 9.47 Å². The Balaban J connectivity index is 1.76. The zero-order chi connectivity index (χ0) is 14.9. The van der Waals surface area contributed by atoms with E-state index in [2.05, 4.69) is 0 Å². The van der Waals surface area contributed by atoms with E-state index < -0.39 is 0 Å². The van der Waals surface area contributed by atoms with Crippen LogP contribution in [0.3, 0.4) is 0 Å². The molecule has 0 N–H and O–H groups in total. The zero-order valence-corrected chi connectivity index (χ0v) is 12.0. The molecule has 0 fully saturated rings. The highest BCUT2D eigenvalue weighted by Crippen LogP contribution is 2.13. The molecule has 0 aromatic heterocycles. The molecule has 0 heterocycles. The van der Waals surface area contributed by atoms with Crippen molar-refractivity contribution in [2.24, 2.45) is 0 Å². The Labute approximate surface area is 124 Å². The maximum absolute atomic E-state index is 11.9. The van der Waals surface area contributed by atoms with Crippen LogP contribution in [0.4, 0.5) is 0 Å². The molecule has 0 saturated heterocycles. The summed E-state index contributed by atoms with van der Waals surface area (Å²) in [7, 11) is 1.60. The first-order valence-electron chi connectivity index (χ1n) is 6.77. The van der Waals surface area contributed by atoms with Crippen LogP contribution in [0.1, 0.15) is 22.3 Å². The minimum atomic E-state index is 0.0530. The van der Waals surface area contributed by atoms with Crippen molar-refractivity contribution in [1.29, 1.82) is 0 Å². The van der Waals surface area contributed by atoms with Gasteiger partial charge >= 0.3 is 0 Å². The standard InChI is InChI=1S/C18H18O3/c1-20-17-11-9-16(10-12-17)18(19)8-5-13-21-14-15-6-3-2-4-7-15/h2-7,9-13H,8,14H2,1H3/b13-5-. The van der Waals surface area contributed by atoms with Crippen molar-refractivity contribution in [2.75, 3.05) is 7.11 Å². The molecule has 0 aliphatic rings. The minimum Gasteiger partial charge on any atom is -0.497 e. The molecular weight excluding hydrogens is 264 g/mol. The van der Waals surface area contributed by atoms with Crippen molar-refractivity contribution in [2.45, 2.75) is 13.0 Å². The highest BCUT2D eigenvalue weighted by atomic mass is 16.5. The first-order valence-corrected chi connectivity index (χ1v) is 6.77. The van der Waals surface area contributed by atoms with Gasteiger partial charge in [0, 0.05) is 12.0 Å². The van der Waals surface area contributed by atoms with Crippen molar-refractivity contribution < 1.29 is 14.3 Å². The maximum Gasteiger partial charge on any atom is 0.166 e. The van der Waals surface area contributed by atoms with Crippen molar-refractivity contribution in [1.82, 2.24) is 0 Å². The van der Waals surface area contributed by atoms with Crippen LogP contribution in [0.2, 0.25) is 0 Å². The van der Waals surface area contributed by atoms with Crippen LogP contribution < -0.4 is 4.74 Å². The number of ether oxygens (including phenoxy) is 2. The van der Waals surface area contributed by atoms with Crippen molar-refractivity contribution >= 4 is 5.78 Å². The number of benzene rings is 2. The number of hydrogen-bond donors (Lipinski definition) is 0. The van der Waals surface area contributed by atoms with Crippen LogP contribution in [0.5, 0.6) is 5.75 Å². The predicted molar refractivity (Wildman–Crippen MR) is 82.3 cm³/mol. The Hall–Kier alpha value is -2.55. The Morgan fingerprint density at radius 1 is 1.05 bits per heavy atom. The topological polar surface area (TPSA) is 35.5 Å². The smallest absolute Gasteiger partial charge is 0.166 e. The highest BCUT2D eigenvalue weighted by molar-refractivity contribution is 5.97.